The molecule has 3 aromatic rings. The Morgan fingerprint density at radius 3 is 2.45 bits per heavy atom. The van der Waals surface area contributed by atoms with E-state index in [1.54, 1.807) is 11.3 Å². The lowest BCUT2D eigenvalue weighted by molar-refractivity contribution is -0.139. The van der Waals surface area contributed by atoms with Gasteiger partial charge in [-0.25, -0.2) is 0 Å². The normalized spacial score (nSPS) is 14.5. The van der Waals surface area contributed by atoms with Gasteiger partial charge in [-0.3, -0.25) is 14.5 Å². The summed E-state index contributed by atoms with van der Waals surface area (Å²) in [7, 11) is 0. The van der Waals surface area contributed by atoms with Crippen molar-refractivity contribution in [2.45, 2.75) is 32.5 Å². The zero-order chi connectivity index (χ0) is 21.6. The molecule has 2 amide bonds. The highest BCUT2D eigenvalue weighted by Crippen LogP contribution is 2.29. The van der Waals surface area contributed by atoms with Gasteiger partial charge in [0.25, 0.3) is 0 Å². The van der Waals surface area contributed by atoms with Crippen molar-refractivity contribution >= 4 is 23.2 Å². The summed E-state index contributed by atoms with van der Waals surface area (Å²) in [6, 6.07) is 20.6. The molecule has 1 aliphatic heterocycles. The molecule has 2 N–H and O–H groups in total. The number of hydrogen-bond acceptors (Lipinski definition) is 4. The number of carbonyl (C=O) groups excluding carboxylic acids is 2. The highest BCUT2D eigenvalue weighted by Gasteiger charge is 2.26. The van der Waals surface area contributed by atoms with Crippen molar-refractivity contribution in [3.05, 3.63) is 93.2 Å². The second-order valence-corrected chi connectivity index (χ2v) is 8.88. The summed E-state index contributed by atoms with van der Waals surface area (Å²) in [5, 5.41) is 7.61. The average molecular weight is 434 g/mol. The number of benzene rings is 2. The van der Waals surface area contributed by atoms with Crippen LogP contribution in [-0.4, -0.2) is 29.8 Å². The lowest BCUT2D eigenvalue weighted by Gasteiger charge is -2.35. The van der Waals surface area contributed by atoms with Crippen LogP contribution in [0.3, 0.4) is 0 Å². The van der Waals surface area contributed by atoms with Crippen LogP contribution in [0.5, 0.6) is 0 Å². The second kappa shape index (κ2) is 9.90. The summed E-state index contributed by atoms with van der Waals surface area (Å²) in [4.78, 5) is 28.3. The van der Waals surface area contributed by atoms with Crippen LogP contribution >= 0.6 is 11.3 Å². The molecule has 0 aliphatic carbocycles. The van der Waals surface area contributed by atoms with Crippen molar-refractivity contribution < 1.29 is 9.59 Å². The lowest BCUT2D eigenvalue weighted by atomic mass is 9.98. The standard InChI is InChI=1S/C25H27N3O2S/c1-18-8-10-19(11-9-18)15-26-24(29)25(30)27-16-22(23-7-4-14-31-23)28-13-12-20-5-2-3-6-21(20)17-28/h2-11,14,22H,12-13,15-17H2,1H3,(H,26,29)(H,27,30)/t22-/m1/s1. The first-order valence-corrected chi connectivity index (χ1v) is 11.4. The van der Waals surface area contributed by atoms with Gasteiger partial charge in [0.2, 0.25) is 0 Å². The van der Waals surface area contributed by atoms with Crippen LogP contribution in [0.15, 0.2) is 66.0 Å². The van der Waals surface area contributed by atoms with Crippen molar-refractivity contribution in [3.8, 4) is 0 Å². The molecule has 1 atom stereocenters. The van der Waals surface area contributed by atoms with Crippen LogP contribution in [-0.2, 0) is 29.1 Å². The highest BCUT2D eigenvalue weighted by molar-refractivity contribution is 7.10. The summed E-state index contributed by atoms with van der Waals surface area (Å²) < 4.78 is 0. The number of hydrogen-bond donors (Lipinski definition) is 2. The van der Waals surface area contributed by atoms with Gasteiger partial charge in [0.05, 0.1) is 6.04 Å². The highest BCUT2D eigenvalue weighted by atomic mass is 32.1. The molecule has 5 nitrogen and oxygen atoms in total. The van der Waals surface area contributed by atoms with E-state index < -0.39 is 11.8 Å². The third-order valence-corrected chi connectivity index (χ3v) is 6.68. The average Bonchev–Trinajstić information content (AvgIpc) is 3.33. The molecule has 6 heteroatoms. The monoisotopic (exact) mass is 433 g/mol. The van der Waals surface area contributed by atoms with Gasteiger partial charge in [0.1, 0.15) is 0 Å². The molecule has 0 bridgehead atoms. The van der Waals surface area contributed by atoms with Crippen LogP contribution in [0, 0.1) is 6.92 Å². The van der Waals surface area contributed by atoms with Crippen LogP contribution < -0.4 is 10.6 Å². The molecule has 1 aromatic heterocycles. The van der Waals surface area contributed by atoms with Gasteiger partial charge in [-0.2, -0.15) is 0 Å². The SMILES string of the molecule is Cc1ccc(CNC(=O)C(=O)NC[C@H](c2cccs2)N2CCc3ccccc3C2)cc1. The Labute approximate surface area is 187 Å². The van der Waals surface area contributed by atoms with Gasteiger partial charge in [-0.1, -0.05) is 60.2 Å². The van der Waals surface area contributed by atoms with Gasteiger partial charge < -0.3 is 10.6 Å². The predicted molar refractivity (Wildman–Crippen MR) is 124 cm³/mol. The van der Waals surface area contributed by atoms with Crippen LogP contribution in [0.4, 0.5) is 0 Å². The summed E-state index contributed by atoms with van der Waals surface area (Å²) >= 11 is 1.68. The maximum absolute atomic E-state index is 12.4. The first-order chi connectivity index (χ1) is 15.1. The van der Waals surface area contributed by atoms with E-state index in [2.05, 4.69) is 51.2 Å². The van der Waals surface area contributed by atoms with Crippen LogP contribution in [0.25, 0.3) is 0 Å². The molecule has 0 saturated carbocycles. The largest absolute Gasteiger partial charge is 0.346 e. The van der Waals surface area contributed by atoms with Gasteiger partial charge >= 0.3 is 11.8 Å². The second-order valence-electron chi connectivity index (χ2n) is 7.90. The van der Waals surface area contributed by atoms with E-state index in [0.29, 0.717) is 13.1 Å². The van der Waals surface area contributed by atoms with E-state index in [9.17, 15) is 9.59 Å². The van der Waals surface area contributed by atoms with Gasteiger partial charge in [-0.05, 0) is 41.5 Å². The van der Waals surface area contributed by atoms with E-state index in [0.717, 1.165) is 30.6 Å². The first-order valence-electron chi connectivity index (χ1n) is 10.6. The molecule has 0 spiro atoms. The van der Waals surface area contributed by atoms with Gasteiger partial charge in [-0.15, -0.1) is 11.3 Å². The fraction of sp³-hybridized carbons (Fsp3) is 0.280. The molecular formula is C25H27N3O2S. The van der Waals surface area contributed by atoms with Crippen molar-refractivity contribution in [2.75, 3.05) is 13.1 Å². The minimum absolute atomic E-state index is 0.0437. The number of rotatable bonds is 6. The Balaban J connectivity index is 1.36. The van der Waals surface area contributed by atoms with Crippen molar-refractivity contribution in [3.63, 3.8) is 0 Å². The van der Waals surface area contributed by atoms with Gasteiger partial charge in [0, 0.05) is 31.1 Å². The van der Waals surface area contributed by atoms with E-state index in [1.807, 2.05) is 37.3 Å². The number of aryl methyl sites for hydroxylation is 1. The van der Waals surface area contributed by atoms with E-state index in [-0.39, 0.29) is 6.04 Å². The zero-order valence-electron chi connectivity index (χ0n) is 17.6. The Morgan fingerprint density at radius 1 is 0.968 bits per heavy atom. The molecule has 2 heterocycles. The Morgan fingerprint density at radius 2 is 1.71 bits per heavy atom. The molecule has 0 unspecified atom stereocenters. The summed E-state index contributed by atoms with van der Waals surface area (Å²) in [6.07, 6.45) is 0.989. The van der Waals surface area contributed by atoms with E-state index in [4.69, 9.17) is 0 Å². The van der Waals surface area contributed by atoms with Crippen LogP contribution in [0.2, 0.25) is 0 Å². The number of fused-ring (bicyclic) bond motifs is 1. The number of amides is 2. The molecule has 2 aromatic carbocycles. The Kier molecular flexibility index (Phi) is 6.79. The Hall–Kier alpha value is -2.96. The molecular weight excluding hydrogens is 406 g/mol. The summed E-state index contributed by atoms with van der Waals surface area (Å²) in [6.45, 7) is 4.52. The smallest absolute Gasteiger partial charge is 0.309 e. The van der Waals surface area contributed by atoms with E-state index in [1.165, 1.54) is 16.0 Å². The molecule has 4 rings (SSSR count). The molecule has 1 aliphatic rings. The molecule has 0 saturated heterocycles. The molecule has 0 radical (unpaired) electrons. The van der Waals surface area contributed by atoms with Crippen molar-refractivity contribution in [1.29, 1.82) is 0 Å². The van der Waals surface area contributed by atoms with Gasteiger partial charge in [0.15, 0.2) is 0 Å². The first kappa shape index (κ1) is 21.3. The number of nitrogens with one attached hydrogen (secondary N) is 2. The third kappa shape index (κ3) is 5.40. The number of carbonyl (C=O) groups is 2. The maximum atomic E-state index is 12.4. The Bertz CT molecular complexity index is 1030. The van der Waals surface area contributed by atoms with Crippen LogP contribution in [0.1, 0.15) is 33.2 Å². The van der Waals surface area contributed by atoms with Crippen molar-refractivity contribution in [2.24, 2.45) is 0 Å². The minimum Gasteiger partial charge on any atom is -0.346 e. The third-order valence-electron chi connectivity index (χ3n) is 5.71. The van der Waals surface area contributed by atoms with Crippen molar-refractivity contribution in [1.82, 2.24) is 15.5 Å². The maximum Gasteiger partial charge on any atom is 0.309 e. The summed E-state index contributed by atoms with van der Waals surface area (Å²) in [5.74, 6) is -1.19. The summed E-state index contributed by atoms with van der Waals surface area (Å²) in [5.41, 5.74) is 4.85. The fourth-order valence-electron chi connectivity index (χ4n) is 3.91. The topological polar surface area (TPSA) is 61.4 Å². The number of nitrogens with zero attached hydrogens (tertiary/aromatic N) is 1. The predicted octanol–water partition coefficient (Wildman–Crippen LogP) is 3.59. The quantitative estimate of drug-likeness (QED) is 0.584. The fourth-order valence-corrected chi connectivity index (χ4v) is 4.77. The lowest BCUT2D eigenvalue weighted by Crippen LogP contribution is -2.44. The molecule has 160 valence electrons. The minimum atomic E-state index is -0.602. The molecule has 31 heavy (non-hydrogen) atoms. The zero-order valence-corrected chi connectivity index (χ0v) is 18.5. The molecule has 0 fully saturated rings. The number of thiophene rings is 1. The van der Waals surface area contributed by atoms with E-state index >= 15 is 0 Å².